The van der Waals surface area contributed by atoms with Crippen LogP contribution in [-0.4, -0.2) is 20.1 Å². The van der Waals surface area contributed by atoms with Crippen LogP contribution < -0.4 is 0 Å². The molecule has 0 spiro atoms. The largest absolute Gasteiger partial charge is 0.247 e. The standard InChI is InChI=1S/C6H9I2N/c7-6-4-1-5(6)3-9(8)2-4/h4-6H,1-3H2. The van der Waals surface area contributed by atoms with Gasteiger partial charge in [-0.1, -0.05) is 22.6 Å². The molecular formula is C6H9I2N. The number of alkyl halides is 1. The van der Waals surface area contributed by atoms with Crippen LogP contribution in [0.2, 0.25) is 0 Å². The third-order valence-corrected chi connectivity index (χ3v) is 5.19. The van der Waals surface area contributed by atoms with Crippen molar-refractivity contribution < 1.29 is 0 Å². The van der Waals surface area contributed by atoms with E-state index in [0.29, 0.717) is 0 Å². The second kappa shape index (κ2) is 2.48. The van der Waals surface area contributed by atoms with Crippen molar-refractivity contribution in [1.82, 2.24) is 3.11 Å². The van der Waals surface area contributed by atoms with Gasteiger partial charge in [-0.3, -0.25) is 0 Å². The van der Waals surface area contributed by atoms with Gasteiger partial charge in [0.1, 0.15) is 0 Å². The summed E-state index contributed by atoms with van der Waals surface area (Å²) in [5.41, 5.74) is 0. The van der Waals surface area contributed by atoms with Crippen molar-refractivity contribution in [2.45, 2.75) is 10.3 Å². The molecule has 1 nitrogen and oxygen atoms in total. The van der Waals surface area contributed by atoms with E-state index < -0.39 is 0 Å². The fraction of sp³-hybridized carbons (Fsp3) is 1.00. The van der Waals surface area contributed by atoms with Gasteiger partial charge in [-0.05, 0) is 18.3 Å². The van der Waals surface area contributed by atoms with Crippen LogP contribution in [0.4, 0.5) is 0 Å². The van der Waals surface area contributed by atoms with Gasteiger partial charge in [0.25, 0.3) is 0 Å². The average molecular weight is 349 g/mol. The smallest absolute Gasteiger partial charge is 0.0201 e. The molecular weight excluding hydrogens is 340 g/mol. The second-order valence-corrected chi connectivity index (χ2v) is 5.83. The summed E-state index contributed by atoms with van der Waals surface area (Å²) in [5.74, 6) is 2.06. The van der Waals surface area contributed by atoms with Crippen molar-refractivity contribution in [3.05, 3.63) is 0 Å². The van der Waals surface area contributed by atoms with Crippen LogP contribution in [0.15, 0.2) is 0 Å². The minimum absolute atomic E-state index is 1.01. The highest BCUT2D eigenvalue weighted by atomic mass is 127. The fourth-order valence-corrected chi connectivity index (χ4v) is 3.83. The molecule has 2 aliphatic heterocycles. The topological polar surface area (TPSA) is 3.24 Å². The van der Waals surface area contributed by atoms with Gasteiger partial charge < -0.3 is 0 Å². The van der Waals surface area contributed by atoms with E-state index in [9.17, 15) is 0 Å². The van der Waals surface area contributed by atoms with Crippen molar-refractivity contribution in [2.24, 2.45) is 11.8 Å². The van der Waals surface area contributed by atoms with Gasteiger partial charge in [0.15, 0.2) is 0 Å². The third kappa shape index (κ3) is 1.13. The van der Waals surface area contributed by atoms with E-state index in [0.717, 1.165) is 15.8 Å². The first-order chi connectivity index (χ1) is 4.27. The predicted octanol–water partition coefficient (Wildman–Crippen LogP) is 2.09. The highest BCUT2D eigenvalue weighted by Gasteiger charge is 2.44. The van der Waals surface area contributed by atoms with Crippen LogP contribution in [0.5, 0.6) is 0 Å². The maximum Gasteiger partial charge on any atom is 0.0201 e. The fourth-order valence-electron chi connectivity index (χ4n) is 1.77. The molecule has 2 unspecified atom stereocenters. The predicted molar refractivity (Wildman–Crippen MR) is 55.0 cm³/mol. The number of fused-ring (bicyclic) bond motifs is 2. The van der Waals surface area contributed by atoms with E-state index in [-0.39, 0.29) is 0 Å². The van der Waals surface area contributed by atoms with Crippen molar-refractivity contribution in [3.8, 4) is 0 Å². The van der Waals surface area contributed by atoms with Gasteiger partial charge in [-0.2, -0.15) is 0 Å². The Morgan fingerprint density at radius 3 is 2.11 bits per heavy atom. The van der Waals surface area contributed by atoms with Crippen molar-refractivity contribution in [2.75, 3.05) is 13.1 Å². The molecule has 2 heterocycles. The number of rotatable bonds is 0. The molecule has 0 aromatic heterocycles. The van der Waals surface area contributed by atoms with Crippen LogP contribution in [-0.2, 0) is 0 Å². The van der Waals surface area contributed by atoms with Gasteiger partial charge in [0.2, 0.25) is 0 Å². The summed E-state index contributed by atoms with van der Waals surface area (Å²) in [6, 6.07) is 0. The zero-order chi connectivity index (χ0) is 6.43. The lowest BCUT2D eigenvalue weighted by molar-refractivity contribution is 0.114. The number of piperidine rings is 2. The molecule has 2 atom stereocenters. The van der Waals surface area contributed by atoms with E-state index in [2.05, 4.69) is 48.6 Å². The Balaban J connectivity index is 2.01. The van der Waals surface area contributed by atoms with Gasteiger partial charge in [0, 0.05) is 39.9 Å². The highest BCUT2D eigenvalue weighted by molar-refractivity contribution is 14.1. The first kappa shape index (κ1) is 7.09. The van der Waals surface area contributed by atoms with Crippen LogP contribution in [0.25, 0.3) is 0 Å². The van der Waals surface area contributed by atoms with Crippen molar-refractivity contribution >= 4 is 45.5 Å². The molecule has 2 bridgehead atoms. The maximum absolute atomic E-state index is 2.61. The second-order valence-electron chi connectivity index (χ2n) is 3.03. The third-order valence-electron chi connectivity index (χ3n) is 2.37. The molecule has 1 saturated carbocycles. The van der Waals surface area contributed by atoms with Crippen LogP contribution in [0.3, 0.4) is 0 Å². The van der Waals surface area contributed by atoms with E-state index in [1.54, 1.807) is 0 Å². The van der Waals surface area contributed by atoms with Gasteiger partial charge in [-0.15, -0.1) is 0 Å². The summed E-state index contributed by atoms with van der Waals surface area (Å²) >= 11 is 5.05. The Kier molecular flexibility index (Phi) is 1.95. The molecule has 3 rings (SSSR count). The molecule has 9 heavy (non-hydrogen) atoms. The molecule has 3 fully saturated rings. The summed E-state index contributed by atoms with van der Waals surface area (Å²) in [6.45, 7) is 2.68. The van der Waals surface area contributed by atoms with Crippen molar-refractivity contribution in [3.63, 3.8) is 0 Å². The molecule has 0 amide bonds. The normalized spacial score (nSPS) is 50.7. The van der Waals surface area contributed by atoms with Gasteiger partial charge in [-0.25, -0.2) is 3.11 Å². The molecule has 0 aromatic rings. The van der Waals surface area contributed by atoms with Gasteiger partial charge >= 0.3 is 0 Å². The minimum Gasteiger partial charge on any atom is -0.247 e. The highest BCUT2D eigenvalue weighted by Crippen LogP contribution is 2.45. The van der Waals surface area contributed by atoms with Crippen molar-refractivity contribution in [1.29, 1.82) is 0 Å². The lowest BCUT2D eigenvalue weighted by atomic mass is 9.72. The van der Waals surface area contributed by atoms with Crippen LogP contribution in [0.1, 0.15) is 6.42 Å². The van der Waals surface area contributed by atoms with E-state index in [1.807, 2.05) is 0 Å². The Bertz CT molecular complexity index is 116. The number of hydrogen-bond donors (Lipinski definition) is 0. The molecule has 0 N–H and O–H groups in total. The molecule has 3 heteroatoms. The number of hydrogen-bond acceptors (Lipinski definition) is 1. The molecule has 1 aliphatic carbocycles. The molecule has 52 valence electrons. The summed E-state index contributed by atoms with van der Waals surface area (Å²) in [5, 5.41) is 0. The monoisotopic (exact) mass is 349 g/mol. The van der Waals surface area contributed by atoms with E-state index >= 15 is 0 Å². The lowest BCUT2D eigenvalue weighted by Crippen LogP contribution is -2.52. The summed E-state index contributed by atoms with van der Waals surface area (Å²) < 4.78 is 3.44. The maximum atomic E-state index is 2.61. The van der Waals surface area contributed by atoms with Crippen LogP contribution >= 0.6 is 45.5 Å². The summed E-state index contributed by atoms with van der Waals surface area (Å²) in [4.78, 5) is 0. The lowest BCUT2D eigenvalue weighted by Gasteiger charge is -2.49. The Morgan fingerprint density at radius 2 is 1.78 bits per heavy atom. The molecule has 3 aliphatic rings. The zero-order valence-electron chi connectivity index (χ0n) is 5.06. The average Bonchev–Trinajstić information content (AvgIpc) is 1.87. The van der Waals surface area contributed by atoms with E-state index in [1.165, 1.54) is 19.5 Å². The minimum atomic E-state index is 1.01. The zero-order valence-corrected chi connectivity index (χ0v) is 9.37. The Hall–Kier alpha value is 1.42. The number of halogens is 2. The van der Waals surface area contributed by atoms with E-state index in [4.69, 9.17) is 0 Å². The first-order valence-electron chi connectivity index (χ1n) is 3.32. The Morgan fingerprint density at radius 1 is 1.22 bits per heavy atom. The molecule has 0 radical (unpaired) electrons. The Labute approximate surface area is 83.2 Å². The molecule has 2 saturated heterocycles. The van der Waals surface area contributed by atoms with Gasteiger partial charge in [0.05, 0.1) is 0 Å². The quantitative estimate of drug-likeness (QED) is 0.368. The summed E-state index contributed by atoms with van der Waals surface area (Å²) in [7, 11) is 0. The number of nitrogens with zero attached hydrogens (tertiary/aromatic N) is 1. The first-order valence-corrected chi connectivity index (χ1v) is 5.53. The SMILES string of the molecule is IC1C2CC1CN(I)C2. The molecule has 0 aromatic carbocycles. The van der Waals surface area contributed by atoms with Crippen LogP contribution in [0, 0.1) is 11.8 Å². The summed E-state index contributed by atoms with van der Waals surface area (Å²) in [6.07, 6.45) is 1.51.